The number of halogens is 1. The fraction of sp³-hybridized carbons (Fsp3) is 0.167. The molecule has 25 heavy (non-hydrogen) atoms. The number of benzene rings is 2. The SMILES string of the molecule is COC(=O)CSc1nnc(-c2ccccc2Cl)n1Cc1ccccc1. The molecule has 3 aromatic rings. The molecule has 0 atom stereocenters. The highest BCUT2D eigenvalue weighted by Gasteiger charge is 2.17. The van der Waals surface area contributed by atoms with E-state index in [1.807, 2.05) is 59.2 Å². The second kappa shape index (κ2) is 8.18. The van der Waals surface area contributed by atoms with Crippen molar-refractivity contribution in [3.8, 4) is 11.4 Å². The van der Waals surface area contributed by atoms with Crippen LogP contribution in [0.5, 0.6) is 0 Å². The first-order valence-electron chi connectivity index (χ1n) is 7.60. The molecule has 0 spiro atoms. The number of carbonyl (C=O) groups is 1. The molecule has 3 rings (SSSR count). The Morgan fingerprint density at radius 3 is 2.56 bits per heavy atom. The molecule has 0 bridgehead atoms. The third-order valence-electron chi connectivity index (χ3n) is 3.56. The fourth-order valence-electron chi connectivity index (χ4n) is 2.33. The number of hydrogen-bond acceptors (Lipinski definition) is 5. The van der Waals surface area contributed by atoms with E-state index in [0.29, 0.717) is 22.5 Å². The zero-order valence-corrected chi connectivity index (χ0v) is 15.1. The normalized spacial score (nSPS) is 10.6. The smallest absolute Gasteiger partial charge is 0.316 e. The van der Waals surface area contributed by atoms with Gasteiger partial charge in [0.2, 0.25) is 0 Å². The Morgan fingerprint density at radius 1 is 1.12 bits per heavy atom. The lowest BCUT2D eigenvalue weighted by Gasteiger charge is -2.11. The molecule has 0 aliphatic heterocycles. The van der Waals surface area contributed by atoms with Crippen molar-refractivity contribution in [2.45, 2.75) is 11.7 Å². The summed E-state index contributed by atoms with van der Waals surface area (Å²) in [5, 5.41) is 9.80. The zero-order valence-electron chi connectivity index (χ0n) is 13.6. The Balaban J connectivity index is 1.99. The van der Waals surface area contributed by atoms with E-state index in [0.717, 1.165) is 11.1 Å². The number of hydrogen-bond donors (Lipinski definition) is 0. The van der Waals surface area contributed by atoms with Gasteiger partial charge in [-0.3, -0.25) is 9.36 Å². The molecule has 7 heteroatoms. The number of aromatic nitrogens is 3. The maximum absolute atomic E-state index is 11.5. The number of methoxy groups -OCH3 is 1. The molecular weight excluding hydrogens is 358 g/mol. The summed E-state index contributed by atoms with van der Waals surface area (Å²) in [4.78, 5) is 11.5. The molecule has 0 saturated heterocycles. The summed E-state index contributed by atoms with van der Waals surface area (Å²) in [6, 6.07) is 17.5. The first kappa shape index (κ1) is 17.5. The van der Waals surface area contributed by atoms with Gasteiger partial charge in [0.25, 0.3) is 0 Å². The molecular formula is C18H16ClN3O2S. The number of esters is 1. The molecule has 0 fully saturated rings. The van der Waals surface area contributed by atoms with Gasteiger partial charge in [-0.2, -0.15) is 0 Å². The molecule has 0 radical (unpaired) electrons. The Morgan fingerprint density at radius 2 is 1.84 bits per heavy atom. The van der Waals surface area contributed by atoms with Crippen LogP contribution in [0.1, 0.15) is 5.56 Å². The van der Waals surface area contributed by atoms with Gasteiger partial charge in [-0.05, 0) is 17.7 Å². The summed E-state index contributed by atoms with van der Waals surface area (Å²) >= 11 is 7.62. The molecule has 0 aliphatic rings. The van der Waals surface area contributed by atoms with E-state index in [2.05, 4.69) is 10.2 Å². The molecule has 1 aromatic heterocycles. The van der Waals surface area contributed by atoms with Gasteiger partial charge in [-0.15, -0.1) is 10.2 Å². The van der Waals surface area contributed by atoms with Crippen LogP contribution in [-0.4, -0.2) is 33.6 Å². The number of nitrogens with zero attached hydrogens (tertiary/aromatic N) is 3. The van der Waals surface area contributed by atoms with Crippen molar-refractivity contribution in [2.75, 3.05) is 12.9 Å². The minimum absolute atomic E-state index is 0.173. The predicted molar refractivity (Wildman–Crippen MR) is 98.8 cm³/mol. The molecule has 5 nitrogen and oxygen atoms in total. The van der Waals surface area contributed by atoms with Crippen LogP contribution in [0, 0.1) is 0 Å². The molecule has 0 saturated carbocycles. The van der Waals surface area contributed by atoms with E-state index >= 15 is 0 Å². The van der Waals surface area contributed by atoms with Crippen LogP contribution in [0.15, 0.2) is 59.8 Å². The summed E-state index contributed by atoms with van der Waals surface area (Å²) in [6.07, 6.45) is 0. The monoisotopic (exact) mass is 373 g/mol. The Hall–Kier alpha value is -2.31. The number of carbonyl (C=O) groups excluding carboxylic acids is 1. The topological polar surface area (TPSA) is 57.0 Å². The van der Waals surface area contributed by atoms with Crippen LogP contribution in [0.4, 0.5) is 0 Å². The van der Waals surface area contributed by atoms with Crippen LogP contribution >= 0.6 is 23.4 Å². The van der Waals surface area contributed by atoms with Gasteiger partial charge in [-0.25, -0.2) is 0 Å². The van der Waals surface area contributed by atoms with Crippen molar-refractivity contribution in [3.05, 3.63) is 65.2 Å². The summed E-state index contributed by atoms with van der Waals surface area (Å²) in [6.45, 7) is 0.581. The summed E-state index contributed by atoms with van der Waals surface area (Å²) < 4.78 is 6.66. The molecule has 2 aromatic carbocycles. The lowest BCUT2D eigenvalue weighted by Crippen LogP contribution is -2.07. The average Bonchev–Trinajstić information content (AvgIpc) is 3.03. The van der Waals surface area contributed by atoms with Gasteiger partial charge in [0, 0.05) is 5.56 Å². The second-order valence-electron chi connectivity index (χ2n) is 5.22. The van der Waals surface area contributed by atoms with Crippen molar-refractivity contribution < 1.29 is 9.53 Å². The van der Waals surface area contributed by atoms with Crippen molar-refractivity contribution >= 4 is 29.3 Å². The van der Waals surface area contributed by atoms with E-state index in [1.165, 1.54) is 18.9 Å². The standard InChI is InChI=1S/C18H16ClN3O2S/c1-24-16(23)12-25-18-21-20-17(14-9-5-6-10-15(14)19)22(18)11-13-7-3-2-4-8-13/h2-10H,11-12H2,1H3. The lowest BCUT2D eigenvalue weighted by molar-refractivity contribution is -0.137. The van der Waals surface area contributed by atoms with Gasteiger partial charge in [0.1, 0.15) is 0 Å². The predicted octanol–water partition coefficient (Wildman–Crippen LogP) is 3.91. The zero-order chi connectivity index (χ0) is 17.6. The Labute approximate surface area is 155 Å². The summed E-state index contributed by atoms with van der Waals surface area (Å²) in [5.74, 6) is 0.534. The van der Waals surface area contributed by atoms with Crippen LogP contribution in [0.3, 0.4) is 0 Å². The molecule has 0 unspecified atom stereocenters. The summed E-state index contributed by atoms with van der Waals surface area (Å²) in [5.41, 5.74) is 1.91. The van der Waals surface area contributed by atoms with Gasteiger partial charge in [0.05, 0.1) is 24.4 Å². The largest absolute Gasteiger partial charge is 0.468 e. The third-order valence-corrected chi connectivity index (χ3v) is 4.83. The Bertz CT molecular complexity index is 868. The quantitative estimate of drug-likeness (QED) is 0.484. The number of thioether (sulfide) groups is 1. The lowest BCUT2D eigenvalue weighted by atomic mass is 10.2. The highest BCUT2D eigenvalue weighted by atomic mass is 35.5. The Kier molecular flexibility index (Phi) is 5.73. The molecule has 0 aliphatic carbocycles. The van der Waals surface area contributed by atoms with E-state index in [4.69, 9.17) is 16.3 Å². The molecule has 128 valence electrons. The first-order valence-corrected chi connectivity index (χ1v) is 8.97. The average molecular weight is 374 g/mol. The maximum atomic E-state index is 11.5. The molecule has 0 N–H and O–H groups in total. The first-order chi connectivity index (χ1) is 12.2. The minimum atomic E-state index is -0.307. The van der Waals surface area contributed by atoms with Crippen LogP contribution in [-0.2, 0) is 16.1 Å². The third kappa shape index (κ3) is 4.21. The fourth-order valence-corrected chi connectivity index (χ4v) is 3.32. The van der Waals surface area contributed by atoms with Crippen LogP contribution in [0.25, 0.3) is 11.4 Å². The van der Waals surface area contributed by atoms with Gasteiger partial charge >= 0.3 is 5.97 Å². The molecule has 1 heterocycles. The van der Waals surface area contributed by atoms with Gasteiger partial charge in [-0.1, -0.05) is 65.8 Å². The van der Waals surface area contributed by atoms with Crippen molar-refractivity contribution in [1.29, 1.82) is 0 Å². The number of rotatable bonds is 6. The van der Waals surface area contributed by atoms with E-state index in [9.17, 15) is 4.79 Å². The van der Waals surface area contributed by atoms with Crippen molar-refractivity contribution in [2.24, 2.45) is 0 Å². The number of ether oxygens (including phenoxy) is 1. The van der Waals surface area contributed by atoms with E-state index < -0.39 is 0 Å². The van der Waals surface area contributed by atoms with Crippen molar-refractivity contribution in [3.63, 3.8) is 0 Å². The highest BCUT2D eigenvalue weighted by molar-refractivity contribution is 7.99. The minimum Gasteiger partial charge on any atom is -0.468 e. The maximum Gasteiger partial charge on any atom is 0.316 e. The molecule has 0 amide bonds. The van der Waals surface area contributed by atoms with Gasteiger partial charge < -0.3 is 4.74 Å². The second-order valence-corrected chi connectivity index (χ2v) is 6.57. The van der Waals surface area contributed by atoms with E-state index in [-0.39, 0.29) is 11.7 Å². The highest BCUT2D eigenvalue weighted by Crippen LogP contribution is 2.30. The van der Waals surface area contributed by atoms with Crippen molar-refractivity contribution in [1.82, 2.24) is 14.8 Å². The van der Waals surface area contributed by atoms with Crippen LogP contribution < -0.4 is 0 Å². The van der Waals surface area contributed by atoms with E-state index in [1.54, 1.807) is 0 Å². The van der Waals surface area contributed by atoms with Crippen LogP contribution in [0.2, 0.25) is 5.02 Å². The van der Waals surface area contributed by atoms with Gasteiger partial charge in [0.15, 0.2) is 11.0 Å². The summed E-state index contributed by atoms with van der Waals surface area (Å²) in [7, 11) is 1.37.